The molecule has 0 aliphatic heterocycles. The molecule has 0 atom stereocenters. The smallest absolute Gasteiger partial charge is 0.201 e. The van der Waals surface area contributed by atoms with Crippen molar-refractivity contribution in [3.8, 4) is 0 Å². The minimum absolute atomic E-state index is 0.262. The van der Waals surface area contributed by atoms with Gasteiger partial charge in [-0.3, -0.25) is 4.79 Å². The van der Waals surface area contributed by atoms with E-state index in [-0.39, 0.29) is 5.92 Å². The Labute approximate surface area is 114 Å². The zero-order valence-electron chi connectivity index (χ0n) is 11.8. The number of ketones is 1. The van der Waals surface area contributed by atoms with E-state index in [2.05, 4.69) is 0 Å². The van der Waals surface area contributed by atoms with Gasteiger partial charge >= 0.3 is 0 Å². The summed E-state index contributed by atoms with van der Waals surface area (Å²) in [6.07, 6.45) is 6.61. The lowest BCUT2D eigenvalue weighted by molar-refractivity contribution is -0.0261. The highest BCUT2D eigenvalue weighted by molar-refractivity contribution is 5.96. The van der Waals surface area contributed by atoms with E-state index in [1.165, 1.54) is 32.1 Å². The van der Waals surface area contributed by atoms with Crippen molar-refractivity contribution in [2.45, 2.75) is 46.0 Å². The molecule has 0 saturated heterocycles. The van der Waals surface area contributed by atoms with Crippen LogP contribution in [-0.2, 0) is 0 Å². The van der Waals surface area contributed by atoms with Crippen LogP contribution in [0.5, 0.6) is 0 Å². The first-order valence-electron chi connectivity index (χ1n) is 7.73. The second-order valence-electron chi connectivity index (χ2n) is 7.17. The minimum Gasteiger partial charge on any atom is -0.458 e. The summed E-state index contributed by atoms with van der Waals surface area (Å²) >= 11 is 0. The summed E-state index contributed by atoms with van der Waals surface area (Å²) in [5.74, 6) is 5.21. The normalized spacial score (nSPS) is 39.8. The highest BCUT2D eigenvalue weighted by Crippen LogP contribution is 2.57. The maximum absolute atomic E-state index is 12.8. The quantitative estimate of drug-likeness (QED) is 0.746. The highest BCUT2D eigenvalue weighted by atomic mass is 16.3. The molecule has 2 heteroatoms. The second-order valence-corrected chi connectivity index (χ2v) is 7.17. The van der Waals surface area contributed by atoms with E-state index in [9.17, 15) is 4.79 Å². The monoisotopic (exact) mass is 258 g/mol. The van der Waals surface area contributed by atoms with Crippen molar-refractivity contribution in [2.75, 3.05) is 0 Å². The Morgan fingerprint density at radius 1 is 1.05 bits per heavy atom. The Bertz CT molecular complexity index is 478. The standard InChI is InChI=1S/C17H22O2/c1-9-3-15(19-10(9)2)17(18)16-13-5-11-4-12(7-13)8-14(16)6-11/h3,11-14,16H,4-8H2,1-2H3. The number of carbonyl (C=O) groups excluding carboxylic acids is 1. The predicted octanol–water partition coefficient (Wildman–Crippen LogP) is 4.15. The van der Waals surface area contributed by atoms with Gasteiger partial charge in [-0.2, -0.15) is 0 Å². The Morgan fingerprint density at radius 2 is 1.63 bits per heavy atom. The number of Topliss-reactive ketones (excluding diaryl/α,β-unsaturated/α-hetero) is 1. The van der Waals surface area contributed by atoms with Gasteiger partial charge in [-0.05, 0) is 81.3 Å². The van der Waals surface area contributed by atoms with Crippen molar-refractivity contribution in [1.82, 2.24) is 0 Å². The summed E-state index contributed by atoms with van der Waals surface area (Å²) < 4.78 is 5.68. The molecule has 4 bridgehead atoms. The van der Waals surface area contributed by atoms with Gasteiger partial charge in [0.05, 0.1) is 0 Å². The minimum atomic E-state index is 0.262. The molecule has 1 aromatic rings. The predicted molar refractivity (Wildman–Crippen MR) is 73.0 cm³/mol. The van der Waals surface area contributed by atoms with Crippen LogP contribution < -0.4 is 0 Å². The van der Waals surface area contributed by atoms with E-state index < -0.39 is 0 Å². The Hall–Kier alpha value is -1.05. The lowest BCUT2D eigenvalue weighted by Gasteiger charge is -2.53. The van der Waals surface area contributed by atoms with Crippen molar-refractivity contribution in [3.63, 3.8) is 0 Å². The molecule has 0 radical (unpaired) electrons. The van der Waals surface area contributed by atoms with E-state index >= 15 is 0 Å². The largest absolute Gasteiger partial charge is 0.458 e. The number of furan rings is 1. The molecular weight excluding hydrogens is 236 g/mol. The summed E-state index contributed by atoms with van der Waals surface area (Å²) in [6.45, 7) is 3.97. The van der Waals surface area contributed by atoms with Gasteiger partial charge < -0.3 is 4.42 Å². The van der Waals surface area contributed by atoms with Crippen LogP contribution in [-0.4, -0.2) is 5.78 Å². The second kappa shape index (κ2) is 3.97. The van der Waals surface area contributed by atoms with Gasteiger partial charge in [-0.25, -0.2) is 0 Å². The fourth-order valence-electron chi connectivity index (χ4n) is 5.21. The van der Waals surface area contributed by atoms with E-state index in [1.54, 1.807) is 0 Å². The maximum Gasteiger partial charge on any atom is 0.201 e. The fourth-order valence-corrected chi connectivity index (χ4v) is 5.21. The molecular formula is C17H22O2. The van der Waals surface area contributed by atoms with Crippen LogP contribution in [0.3, 0.4) is 0 Å². The first-order chi connectivity index (χ1) is 9.11. The van der Waals surface area contributed by atoms with Crippen LogP contribution >= 0.6 is 0 Å². The molecule has 0 N–H and O–H groups in total. The van der Waals surface area contributed by atoms with Gasteiger partial charge in [0, 0.05) is 5.92 Å². The summed E-state index contributed by atoms with van der Waals surface area (Å²) in [5, 5.41) is 0. The van der Waals surface area contributed by atoms with Crippen LogP contribution in [0.2, 0.25) is 0 Å². The molecule has 4 saturated carbocycles. The van der Waals surface area contributed by atoms with E-state index in [1.807, 2.05) is 19.9 Å². The summed E-state index contributed by atoms with van der Waals surface area (Å²) in [4.78, 5) is 12.8. The van der Waals surface area contributed by atoms with Crippen molar-refractivity contribution >= 4 is 5.78 Å². The number of aryl methyl sites for hydroxylation is 2. The van der Waals surface area contributed by atoms with Crippen LogP contribution in [0, 0.1) is 43.4 Å². The van der Waals surface area contributed by atoms with Gasteiger partial charge in [0.2, 0.25) is 5.78 Å². The molecule has 0 spiro atoms. The number of rotatable bonds is 2. The Kier molecular flexibility index (Phi) is 2.46. The molecule has 4 aliphatic rings. The van der Waals surface area contributed by atoms with Crippen molar-refractivity contribution < 1.29 is 9.21 Å². The summed E-state index contributed by atoms with van der Waals surface area (Å²) in [6, 6.07) is 1.95. The van der Waals surface area contributed by atoms with Crippen LogP contribution in [0.1, 0.15) is 54.0 Å². The molecule has 5 rings (SSSR count). The molecule has 0 amide bonds. The van der Waals surface area contributed by atoms with Gasteiger partial charge in [-0.15, -0.1) is 0 Å². The first kappa shape index (κ1) is 11.7. The van der Waals surface area contributed by atoms with Crippen LogP contribution in [0.15, 0.2) is 10.5 Å². The zero-order chi connectivity index (χ0) is 13.1. The van der Waals surface area contributed by atoms with Gasteiger partial charge in [0.1, 0.15) is 5.76 Å². The van der Waals surface area contributed by atoms with Crippen LogP contribution in [0.25, 0.3) is 0 Å². The third kappa shape index (κ3) is 1.72. The molecule has 0 unspecified atom stereocenters. The number of hydrogen-bond donors (Lipinski definition) is 0. The molecule has 0 aromatic carbocycles. The zero-order valence-corrected chi connectivity index (χ0v) is 11.8. The van der Waals surface area contributed by atoms with Crippen molar-refractivity contribution in [3.05, 3.63) is 23.2 Å². The van der Waals surface area contributed by atoms with Gasteiger partial charge in [-0.1, -0.05) is 0 Å². The third-order valence-corrected chi connectivity index (χ3v) is 5.94. The summed E-state index contributed by atoms with van der Waals surface area (Å²) in [5.41, 5.74) is 1.10. The van der Waals surface area contributed by atoms with Crippen LogP contribution in [0.4, 0.5) is 0 Å². The lowest BCUT2D eigenvalue weighted by atomic mass is 9.51. The Balaban J connectivity index is 1.63. The van der Waals surface area contributed by atoms with E-state index in [0.717, 1.165) is 23.2 Å². The molecule has 4 fully saturated rings. The first-order valence-corrected chi connectivity index (χ1v) is 7.73. The third-order valence-electron chi connectivity index (χ3n) is 5.94. The number of hydrogen-bond acceptors (Lipinski definition) is 2. The summed E-state index contributed by atoms with van der Waals surface area (Å²) in [7, 11) is 0. The molecule has 2 nitrogen and oxygen atoms in total. The fraction of sp³-hybridized carbons (Fsp3) is 0.706. The molecule has 1 heterocycles. The maximum atomic E-state index is 12.8. The Morgan fingerprint density at radius 3 is 2.11 bits per heavy atom. The van der Waals surface area contributed by atoms with Gasteiger partial charge in [0.15, 0.2) is 5.76 Å². The van der Waals surface area contributed by atoms with Crippen molar-refractivity contribution in [1.29, 1.82) is 0 Å². The average molecular weight is 258 g/mol. The lowest BCUT2D eigenvalue weighted by Crippen LogP contribution is -2.47. The highest BCUT2D eigenvalue weighted by Gasteiger charge is 2.51. The van der Waals surface area contributed by atoms with Gasteiger partial charge in [0.25, 0.3) is 0 Å². The number of carbonyl (C=O) groups is 1. The molecule has 102 valence electrons. The topological polar surface area (TPSA) is 30.2 Å². The van der Waals surface area contributed by atoms with E-state index in [0.29, 0.717) is 23.4 Å². The molecule has 4 aliphatic carbocycles. The van der Waals surface area contributed by atoms with E-state index in [4.69, 9.17) is 4.42 Å². The average Bonchev–Trinajstić information content (AvgIpc) is 2.68. The SMILES string of the molecule is Cc1cc(C(=O)C2C3CC4CC(C3)CC2C4)oc1C. The molecule has 19 heavy (non-hydrogen) atoms. The molecule has 1 aromatic heterocycles. The van der Waals surface area contributed by atoms with Crippen molar-refractivity contribution in [2.24, 2.45) is 29.6 Å².